The van der Waals surface area contributed by atoms with Crippen molar-refractivity contribution in [2.45, 2.75) is 39.8 Å². The molecule has 0 aromatic heterocycles. The average molecular weight is 596 g/mol. The van der Waals surface area contributed by atoms with Gasteiger partial charge in [-0.25, -0.2) is 0 Å². The largest absolute Gasteiger partial charge is 3.00 e. The van der Waals surface area contributed by atoms with Gasteiger partial charge in [0, 0.05) is 0 Å². The summed E-state index contributed by atoms with van der Waals surface area (Å²) in [6.07, 6.45) is 0.986. The molecule has 2 amide bonds. The van der Waals surface area contributed by atoms with Crippen molar-refractivity contribution in [2.24, 2.45) is 0 Å². The summed E-state index contributed by atoms with van der Waals surface area (Å²) in [7, 11) is 0. The number of halogens is 1. The second-order valence-corrected chi connectivity index (χ2v) is 5.10. The summed E-state index contributed by atoms with van der Waals surface area (Å²) in [5, 5.41) is 7.75. The molecular weight excluding hydrogens is 571 g/mol. The van der Waals surface area contributed by atoms with E-state index in [1.165, 1.54) is 0 Å². The van der Waals surface area contributed by atoms with Crippen molar-refractivity contribution >= 4 is 11.8 Å². The molecular formula is C20H24IN2NdO2. The van der Waals surface area contributed by atoms with E-state index in [2.05, 4.69) is 10.6 Å². The van der Waals surface area contributed by atoms with E-state index in [4.69, 9.17) is 0 Å². The number of rotatable bonds is 6. The van der Waals surface area contributed by atoms with E-state index in [0.29, 0.717) is 25.9 Å². The Morgan fingerprint density at radius 1 is 0.692 bits per heavy atom. The normalized spacial score (nSPS) is 8.69. The van der Waals surface area contributed by atoms with Crippen LogP contribution in [0.15, 0.2) is 60.7 Å². The monoisotopic (exact) mass is 593 g/mol. The third kappa shape index (κ3) is 13.6. The zero-order valence-electron chi connectivity index (χ0n) is 15.2. The number of benzene rings is 2. The molecule has 0 spiro atoms. The number of hydrogen-bond acceptors (Lipinski definition) is 2. The summed E-state index contributed by atoms with van der Waals surface area (Å²) < 4.78 is 0. The second kappa shape index (κ2) is 17.9. The van der Waals surface area contributed by atoms with E-state index in [0.717, 1.165) is 11.1 Å². The Labute approximate surface area is 206 Å². The molecule has 0 N–H and O–H groups in total. The molecule has 4 nitrogen and oxygen atoms in total. The Kier molecular flexibility index (Phi) is 19.0. The summed E-state index contributed by atoms with van der Waals surface area (Å²) in [5.41, 5.74) is 2.17. The molecule has 0 bridgehead atoms. The second-order valence-electron chi connectivity index (χ2n) is 5.10. The van der Waals surface area contributed by atoms with E-state index < -0.39 is 0 Å². The van der Waals surface area contributed by atoms with Crippen molar-refractivity contribution in [3.05, 3.63) is 82.4 Å². The fraction of sp³-hybridized carbons (Fsp3) is 0.300. The Hall–Kier alpha value is -0.539. The van der Waals surface area contributed by atoms with Crippen molar-refractivity contribution in [3.8, 4) is 0 Å². The maximum atomic E-state index is 10.8. The van der Waals surface area contributed by atoms with Gasteiger partial charge in [0.1, 0.15) is 0 Å². The van der Waals surface area contributed by atoms with E-state index in [-0.39, 0.29) is 76.6 Å². The number of amides is 2. The smallest absolute Gasteiger partial charge is 1.00 e. The molecule has 26 heavy (non-hydrogen) atoms. The quantitative estimate of drug-likeness (QED) is 0.480. The summed E-state index contributed by atoms with van der Waals surface area (Å²) >= 11 is 0. The molecule has 0 aliphatic heterocycles. The fourth-order valence-electron chi connectivity index (χ4n) is 1.75. The van der Waals surface area contributed by atoms with Gasteiger partial charge in [0.2, 0.25) is 0 Å². The average Bonchev–Trinajstić information content (AvgIpc) is 2.66. The van der Waals surface area contributed by atoms with E-state index >= 15 is 0 Å². The first-order valence-electron chi connectivity index (χ1n) is 8.14. The maximum Gasteiger partial charge on any atom is 3.00 e. The van der Waals surface area contributed by atoms with Crippen molar-refractivity contribution < 1.29 is 74.4 Å². The van der Waals surface area contributed by atoms with Gasteiger partial charge in [-0.3, -0.25) is 0 Å². The van der Waals surface area contributed by atoms with Gasteiger partial charge < -0.3 is 44.2 Å². The van der Waals surface area contributed by atoms with Crippen LogP contribution in [0.5, 0.6) is 0 Å². The minimum atomic E-state index is -0.0288. The Morgan fingerprint density at radius 3 is 1.27 bits per heavy atom. The van der Waals surface area contributed by atoms with Crippen LogP contribution in [0.2, 0.25) is 0 Å². The van der Waals surface area contributed by atoms with Gasteiger partial charge in [0.05, 0.1) is 11.8 Å². The summed E-state index contributed by atoms with van der Waals surface area (Å²) in [4.78, 5) is 21.6. The fourth-order valence-corrected chi connectivity index (χ4v) is 1.75. The van der Waals surface area contributed by atoms with Gasteiger partial charge in [0.25, 0.3) is 0 Å². The van der Waals surface area contributed by atoms with Gasteiger partial charge in [-0.15, -0.1) is 13.1 Å². The van der Waals surface area contributed by atoms with Crippen LogP contribution in [0.1, 0.15) is 37.8 Å². The van der Waals surface area contributed by atoms with Gasteiger partial charge in [-0.05, 0) is 12.8 Å². The molecule has 1 radical (unpaired) electrons. The molecule has 0 aliphatic carbocycles. The SMILES string of the molecule is CCC(=O)[N-]Cc1ccccc1.CCC(=O)[N-]Cc1ccccc1.[I-].[Nd+3]. The van der Waals surface area contributed by atoms with Crippen LogP contribution in [0.4, 0.5) is 0 Å². The number of carbonyl (C=O) groups is 2. The van der Waals surface area contributed by atoms with Gasteiger partial charge >= 0.3 is 40.8 Å². The number of carbonyl (C=O) groups excluding carboxylic acids is 2. The molecule has 137 valence electrons. The first-order chi connectivity index (χ1) is 11.7. The summed E-state index contributed by atoms with van der Waals surface area (Å²) in [6, 6.07) is 19.5. The molecule has 0 heterocycles. The van der Waals surface area contributed by atoms with Crippen LogP contribution >= 0.6 is 0 Å². The van der Waals surface area contributed by atoms with Crippen LogP contribution in [-0.4, -0.2) is 11.8 Å². The zero-order valence-corrected chi connectivity index (χ0v) is 20.6. The van der Waals surface area contributed by atoms with E-state index in [1.54, 1.807) is 0 Å². The van der Waals surface area contributed by atoms with Crippen LogP contribution in [-0.2, 0) is 22.7 Å². The molecule has 2 aromatic rings. The van der Waals surface area contributed by atoms with E-state index in [1.807, 2.05) is 74.5 Å². The van der Waals surface area contributed by atoms with Crippen molar-refractivity contribution in [3.63, 3.8) is 0 Å². The summed E-state index contributed by atoms with van der Waals surface area (Å²) in [5.74, 6) is -0.0577. The Balaban J connectivity index is 0. The first-order valence-corrected chi connectivity index (χ1v) is 8.14. The van der Waals surface area contributed by atoms with E-state index in [9.17, 15) is 9.59 Å². The minimum Gasteiger partial charge on any atom is -1.00 e. The van der Waals surface area contributed by atoms with Gasteiger partial charge in [-0.1, -0.05) is 85.6 Å². The standard InChI is InChI=1S/2C10H13NO.HI.Nd/c2*1-2-10(12)11-8-9-6-4-3-5-7-9;;/h2*3-7H,2,8H2,1H3,(H,11,12);1H;/q;;;+3/p-3. The van der Waals surface area contributed by atoms with Crippen LogP contribution in [0.25, 0.3) is 10.6 Å². The Bertz CT molecular complexity index is 554. The topological polar surface area (TPSA) is 62.3 Å². The molecule has 6 heteroatoms. The zero-order chi connectivity index (χ0) is 17.6. The molecule has 0 atom stereocenters. The molecule has 2 rings (SSSR count). The summed E-state index contributed by atoms with van der Waals surface area (Å²) in [6.45, 7) is 4.65. The number of nitrogens with zero attached hydrogens (tertiary/aromatic N) is 2. The predicted molar refractivity (Wildman–Crippen MR) is 97.6 cm³/mol. The first kappa shape index (κ1) is 27.7. The third-order valence-electron chi connectivity index (χ3n) is 3.17. The third-order valence-corrected chi connectivity index (χ3v) is 3.17. The van der Waals surface area contributed by atoms with Gasteiger partial charge in [0.15, 0.2) is 0 Å². The molecule has 0 aliphatic rings. The predicted octanol–water partition coefficient (Wildman–Crippen LogP) is 2.00. The van der Waals surface area contributed by atoms with Crippen molar-refractivity contribution in [1.82, 2.24) is 0 Å². The molecule has 0 fully saturated rings. The van der Waals surface area contributed by atoms with Gasteiger partial charge in [-0.2, -0.15) is 0 Å². The Morgan fingerprint density at radius 2 is 1.00 bits per heavy atom. The number of hydrogen-bond donors (Lipinski definition) is 0. The van der Waals surface area contributed by atoms with Crippen LogP contribution in [0.3, 0.4) is 0 Å². The minimum absolute atomic E-state index is 0. The molecule has 0 saturated heterocycles. The van der Waals surface area contributed by atoms with Crippen molar-refractivity contribution in [1.29, 1.82) is 0 Å². The van der Waals surface area contributed by atoms with Crippen LogP contribution in [0, 0.1) is 40.8 Å². The molecule has 0 saturated carbocycles. The van der Waals surface area contributed by atoms with Crippen LogP contribution < -0.4 is 24.0 Å². The maximum absolute atomic E-state index is 10.8. The van der Waals surface area contributed by atoms with Crippen molar-refractivity contribution in [2.75, 3.05) is 0 Å². The molecule has 2 aromatic carbocycles. The molecule has 0 unspecified atom stereocenters.